The Morgan fingerprint density at radius 2 is 1.72 bits per heavy atom. The molecule has 1 N–H and O–H groups in total. The zero-order valence-electron chi connectivity index (χ0n) is 15.7. The molecule has 3 rings (SSSR count). The number of imide groups is 1. The Bertz CT molecular complexity index is 972. The standard InChI is InChI=1S/C21H19ClN2O5/c1-2-3-10-24-19(26)16-9-4-13(11-17(16)20(24)27)21(28)29-12-18(25)23-15-7-5-14(22)6-8-15/h4-9,11H,2-3,10,12H2,1H3,(H,23,25). The minimum absolute atomic E-state index is 0.0986. The smallest absolute Gasteiger partial charge is 0.338 e. The monoisotopic (exact) mass is 414 g/mol. The van der Waals surface area contributed by atoms with E-state index in [2.05, 4.69) is 5.32 Å². The van der Waals surface area contributed by atoms with E-state index in [0.717, 1.165) is 6.42 Å². The summed E-state index contributed by atoms with van der Waals surface area (Å²) in [5, 5.41) is 3.11. The maximum absolute atomic E-state index is 12.5. The van der Waals surface area contributed by atoms with Gasteiger partial charge in [0.1, 0.15) is 0 Å². The minimum atomic E-state index is -0.758. The van der Waals surface area contributed by atoms with Gasteiger partial charge in [-0.3, -0.25) is 19.3 Å². The van der Waals surface area contributed by atoms with E-state index in [4.69, 9.17) is 16.3 Å². The highest BCUT2D eigenvalue weighted by Gasteiger charge is 2.35. The summed E-state index contributed by atoms with van der Waals surface area (Å²) in [5.41, 5.74) is 1.06. The van der Waals surface area contributed by atoms with Crippen LogP contribution in [0.5, 0.6) is 0 Å². The average Bonchev–Trinajstić information content (AvgIpc) is 2.96. The number of unbranched alkanes of at least 4 members (excludes halogenated alkanes) is 1. The second-order valence-electron chi connectivity index (χ2n) is 6.51. The predicted molar refractivity (Wildman–Crippen MR) is 107 cm³/mol. The fourth-order valence-electron chi connectivity index (χ4n) is 2.88. The molecular formula is C21H19ClN2O5. The highest BCUT2D eigenvalue weighted by Crippen LogP contribution is 2.24. The van der Waals surface area contributed by atoms with Gasteiger partial charge in [0, 0.05) is 17.3 Å². The van der Waals surface area contributed by atoms with Crippen molar-refractivity contribution >= 4 is 41.0 Å². The van der Waals surface area contributed by atoms with Crippen molar-refractivity contribution < 1.29 is 23.9 Å². The second kappa shape index (κ2) is 8.87. The average molecular weight is 415 g/mol. The van der Waals surface area contributed by atoms with E-state index in [1.165, 1.54) is 23.1 Å². The van der Waals surface area contributed by atoms with Crippen LogP contribution in [0.25, 0.3) is 0 Å². The van der Waals surface area contributed by atoms with Crippen molar-refractivity contribution in [1.82, 2.24) is 4.90 Å². The van der Waals surface area contributed by atoms with Crippen LogP contribution in [0.3, 0.4) is 0 Å². The Hall–Kier alpha value is -3.19. The Morgan fingerprint density at radius 1 is 1.03 bits per heavy atom. The number of hydrogen-bond acceptors (Lipinski definition) is 5. The third-order valence-corrected chi connectivity index (χ3v) is 4.66. The van der Waals surface area contributed by atoms with Crippen molar-refractivity contribution in [2.45, 2.75) is 19.8 Å². The van der Waals surface area contributed by atoms with Gasteiger partial charge in [-0.2, -0.15) is 0 Å². The van der Waals surface area contributed by atoms with E-state index in [9.17, 15) is 19.2 Å². The van der Waals surface area contributed by atoms with Crippen molar-refractivity contribution in [2.75, 3.05) is 18.5 Å². The number of amides is 3. The van der Waals surface area contributed by atoms with Gasteiger partial charge in [0.05, 0.1) is 16.7 Å². The summed E-state index contributed by atoms with van der Waals surface area (Å²) in [7, 11) is 0. The Kier molecular flexibility index (Phi) is 6.29. The summed E-state index contributed by atoms with van der Waals surface area (Å²) < 4.78 is 5.01. The van der Waals surface area contributed by atoms with Crippen LogP contribution in [0.1, 0.15) is 50.8 Å². The normalized spacial score (nSPS) is 12.7. The first-order valence-electron chi connectivity index (χ1n) is 9.13. The van der Waals surface area contributed by atoms with Crippen molar-refractivity contribution in [1.29, 1.82) is 0 Å². The maximum Gasteiger partial charge on any atom is 0.338 e. The number of halogens is 1. The number of nitrogens with zero attached hydrogens (tertiary/aromatic N) is 1. The third kappa shape index (κ3) is 4.63. The lowest BCUT2D eigenvalue weighted by atomic mass is 10.1. The van der Waals surface area contributed by atoms with Gasteiger partial charge in [0.25, 0.3) is 17.7 Å². The number of carbonyl (C=O) groups excluding carboxylic acids is 4. The van der Waals surface area contributed by atoms with E-state index in [-0.39, 0.29) is 22.6 Å². The van der Waals surface area contributed by atoms with E-state index in [1.54, 1.807) is 24.3 Å². The lowest BCUT2D eigenvalue weighted by Gasteiger charge is -2.12. The summed E-state index contributed by atoms with van der Waals surface area (Å²) >= 11 is 5.78. The van der Waals surface area contributed by atoms with Gasteiger partial charge in [-0.05, 0) is 48.9 Å². The number of nitrogens with one attached hydrogen (secondary N) is 1. The van der Waals surface area contributed by atoms with Crippen LogP contribution < -0.4 is 5.32 Å². The maximum atomic E-state index is 12.5. The van der Waals surface area contributed by atoms with Crippen molar-refractivity contribution in [3.63, 3.8) is 0 Å². The molecule has 8 heteroatoms. The van der Waals surface area contributed by atoms with Crippen LogP contribution in [-0.2, 0) is 9.53 Å². The number of fused-ring (bicyclic) bond motifs is 1. The second-order valence-corrected chi connectivity index (χ2v) is 6.94. The summed E-state index contributed by atoms with van der Waals surface area (Å²) in [6.45, 7) is 1.82. The molecule has 1 heterocycles. The molecule has 0 saturated carbocycles. The first-order chi connectivity index (χ1) is 13.9. The highest BCUT2D eigenvalue weighted by atomic mass is 35.5. The fourth-order valence-corrected chi connectivity index (χ4v) is 3.01. The molecule has 0 saturated heterocycles. The Morgan fingerprint density at radius 3 is 2.41 bits per heavy atom. The van der Waals surface area contributed by atoms with Gasteiger partial charge < -0.3 is 10.1 Å². The van der Waals surface area contributed by atoms with Crippen LogP contribution in [0, 0.1) is 0 Å². The zero-order chi connectivity index (χ0) is 21.0. The van der Waals surface area contributed by atoms with E-state index in [1.807, 2.05) is 6.92 Å². The van der Waals surface area contributed by atoms with Crippen LogP contribution in [-0.4, -0.2) is 41.7 Å². The third-order valence-electron chi connectivity index (χ3n) is 4.40. The molecule has 0 spiro atoms. The van der Waals surface area contributed by atoms with Crippen LogP contribution in [0.15, 0.2) is 42.5 Å². The summed E-state index contributed by atoms with van der Waals surface area (Å²) in [6.07, 6.45) is 1.56. The molecule has 29 heavy (non-hydrogen) atoms. The predicted octanol–water partition coefficient (Wildman–Crippen LogP) is 3.53. The molecule has 0 fully saturated rings. The van der Waals surface area contributed by atoms with Gasteiger partial charge >= 0.3 is 5.97 Å². The number of ether oxygens (including phenoxy) is 1. The molecular weight excluding hydrogens is 396 g/mol. The van der Waals surface area contributed by atoms with Gasteiger partial charge in [0.15, 0.2) is 6.61 Å². The number of benzene rings is 2. The molecule has 0 aliphatic carbocycles. The molecule has 2 aromatic carbocycles. The first kappa shape index (κ1) is 20.5. The molecule has 1 aliphatic heterocycles. The molecule has 0 atom stereocenters. The van der Waals surface area contributed by atoms with E-state index in [0.29, 0.717) is 23.7 Å². The molecule has 2 aromatic rings. The number of rotatable bonds is 7. The molecule has 3 amide bonds. The summed E-state index contributed by atoms with van der Waals surface area (Å²) in [5.74, 6) is -2.06. The highest BCUT2D eigenvalue weighted by molar-refractivity contribution is 6.30. The van der Waals surface area contributed by atoms with Gasteiger partial charge in [-0.25, -0.2) is 4.79 Å². The van der Waals surface area contributed by atoms with Crippen molar-refractivity contribution in [3.05, 3.63) is 64.2 Å². The number of anilines is 1. The lowest BCUT2D eigenvalue weighted by molar-refractivity contribution is -0.119. The molecule has 1 aliphatic rings. The van der Waals surface area contributed by atoms with Gasteiger partial charge in [-0.1, -0.05) is 24.9 Å². The lowest BCUT2D eigenvalue weighted by Crippen LogP contribution is -2.30. The Labute approximate surface area is 172 Å². The molecule has 150 valence electrons. The van der Waals surface area contributed by atoms with Gasteiger partial charge in [0.2, 0.25) is 0 Å². The van der Waals surface area contributed by atoms with Gasteiger partial charge in [-0.15, -0.1) is 0 Å². The molecule has 7 nitrogen and oxygen atoms in total. The minimum Gasteiger partial charge on any atom is -0.452 e. The largest absolute Gasteiger partial charge is 0.452 e. The number of hydrogen-bond donors (Lipinski definition) is 1. The fraction of sp³-hybridized carbons (Fsp3) is 0.238. The molecule has 0 radical (unpaired) electrons. The number of esters is 1. The van der Waals surface area contributed by atoms with E-state index < -0.39 is 24.4 Å². The zero-order valence-corrected chi connectivity index (χ0v) is 16.5. The molecule has 0 unspecified atom stereocenters. The molecule has 0 aromatic heterocycles. The van der Waals surface area contributed by atoms with Crippen molar-refractivity contribution in [2.24, 2.45) is 0 Å². The SMILES string of the molecule is CCCCN1C(=O)c2ccc(C(=O)OCC(=O)Nc3ccc(Cl)cc3)cc2C1=O. The number of carbonyl (C=O) groups is 4. The van der Waals surface area contributed by atoms with Crippen molar-refractivity contribution in [3.8, 4) is 0 Å². The summed E-state index contributed by atoms with van der Waals surface area (Å²) in [6, 6.07) is 10.7. The van der Waals surface area contributed by atoms with E-state index >= 15 is 0 Å². The molecule has 0 bridgehead atoms. The topological polar surface area (TPSA) is 92.8 Å². The van der Waals surface area contributed by atoms with Crippen LogP contribution in [0.2, 0.25) is 5.02 Å². The Balaban J connectivity index is 1.62. The first-order valence-corrected chi connectivity index (χ1v) is 9.51. The summed E-state index contributed by atoms with van der Waals surface area (Å²) in [4.78, 5) is 50.2. The quantitative estimate of drug-likeness (QED) is 0.552. The van der Waals surface area contributed by atoms with Crippen LogP contribution >= 0.6 is 11.6 Å². The van der Waals surface area contributed by atoms with Crippen LogP contribution in [0.4, 0.5) is 5.69 Å².